The average Bonchev–Trinajstić information content (AvgIpc) is 2.29. The predicted molar refractivity (Wildman–Crippen MR) is 44.0 cm³/mol. The third-order valence-corrected chi connectivity index (χ3v) is 1.75. The van der Waals surface area contributed by atoms with Crippen LogP contribution in [0.4, 0.5) is 5.82 Å². The molecule has 0 aliphatic carbocycles. The molecule has 1 aromatic heterocycles. The van der Waals surface area contributed by atoms with Crippen molar-refractivity contribution in [2.45, 2.75) is 13.3 Å². The summed E-state index contributed by atoms with van der Waals surface area (Å²) in [4.78, 5) is 10.6. The highest BCUT2D eigenvalue weighted by Crippen LogP contribution is 2.15. The fourth-order valence-corrected chi connectivity index (χ4v) is 1.10. The molecule has 0 radical (unpaired) electrons. The quantitative estimate of drug-likeness (QED) is 0.665. The van der Waals surface area contributed by atoms with Crippen molar-refractivity contribution in [1.82, 2.24) is 9.78 Å². The lowest BCUT2D eigenvalue weighted by Crippen LogP contribution is -2.01. The van der Waals surface area contributed by atoms with Crippen molar-refractivity contribution in [2.24, 2.45) is 7.05 Å². The van der Waals surface area contributed by atoms with Crippen LogP contribution in [0.5, 0.6) is 0 Å². The largest absolute Gasteiger partial charge is 0.476 e. The van der Waals surface area contributed by atoms with Crippen LogP contribution in [-0.4, -0.2) is 20.9 Å². The van der Waals surface area contributed by atoms with Gasteiger partial charge in [0.05, 0.1) is 0 Å². The third-order valence-electron chi connectivity index (χ3n) is 1.75. The van der Waals surface area contributed by atoms with Gasteiger partial charge >= 0.3 is 5.97 Å². The zero-order valence-electron chi connectivity index (χ0n) is 7.03. The van der Waals surface area contributed by atoms with Gasteiger partial charge in [0.1, 0.15) is 5.82 Å². The van der Waals surface area contributed by atoms with Crippen LogP contribution in [0.2, 0.25) is 0 Å². The molecule has 0 amide bonds. The second kappa shape index (κ2) is 2.84. The highest BCUT2D eigenvalue weighted by molar-refractivity contribution is 5.88. The molecule has 0 fully saturated rings. The maximum atomic E-state index is 10.6. The summed E-state index contributed by atoms with van der Waals surface area (Å²) in [7, 11) is 1.63. The summed E-state index contributed by atoms with van der Waals surface area (Å²) >= 11 is 0. The Morgan fingerprint density at radius 3 is 2.67 bits per heavy atom. The maximum Gasteiger partial charge on any atom is 0.356 e. The summed E-state index contributed by atoms with van der Waals surface area (Å²) in [5.41, 5.74) is 6.24. The summed E-state index contributed by atoms with van der Waals surface area (Å²) in [6, 6.07) is 0. The Bertz CT molecular complexity index is 317. The molecule has 0 aliphatic rings. The Balaban J connectivity index is 3.29. The lowest BCUT2D eigenvalue weighted by Gasteiger charge is -1.95. The number of rotatable bonds is 2. The van der Waals surface area contributed by atoms with Gasteiger partial charge in [-0.3, -0.25) is 4.68 Å². The van der Waals surface area contributed by atoms with Crippen molar-refractivity contribution in [3.8, 4) is 0 Å². The Morgan fingerprint density at radius 1 is 1.75 bits per heavy atom. The lowest BCUT2D eigenvalue weighted by atomic mass is 10.2. The maximum absolute atomic E-state index is 10.6. The molecule has 0 saturated heterocycles. The molecular formula is C7H11N3O2. The van der Waals surface area contributed by atoms with E-state index in [-0.39, 0.29) is 5.69 Å². The molecule has 3 N–H and O–H groups in total. The van der Waals surface area contributed by atoms with Crippen LogP contribution < -0.4 is 5.73 Å². The lowest BCUT2D eigenvalue weighted by molar-refractivity contribution is 0.0688. The van der Waals surface area contributed by atoms with Crippen molar-refractivity contribution in [3.63, 3.8) is 0 Å². The number of hydrogen-bond acceptors (Lipinski definition) is 3. The van der Waals surface area contributed by atoms with E-state index in [0.717, 1.165) is 0 Å². The molecule has 66 valence electrons. The summed E-state index contributed by atoms with van der Waals surface area (Å²) in [6.07, 6.45) is 0.585. The number of carbonyl (C=O) groups is 1. The van der Waals surface area contributed by atoms with Crippen molar-refractivity contribution in [3.05, 3.63) is 11.3 Å². The summed E-state index contributed by atoms with van der Waals surface area (Å²) < 4.78 is 1.38. The Labute approximate surface area is 69.8 Å². The van der Waals surface area contributed by atoms with Crippen LogP contribution in [0.3, 0.4) is 0 Å². The van der Waals surface area contributed by atoms with Gasteiger partial charge in [-0.25, -0.2) is 4.79 Å². The van der Waals surface area contributed by atoms with E-state index >= 15 is 0 Å². The van der Waals surface area contributed by atoms with Crippen molar-refractivity contribution < 1.29 is 9.90 Å². The smallest absolute Gasteiger partial charge is 0.356 e. The molecule has 12 heavy (non-hydrogen) atoms. The molecule has 0 aliphatic heterocycles. The van der Waals surface area contributed by atoms with Gasteiger partial charge in [-0.15, -0.1) is 0 Å². The molecule has 5 heteroatoms. The van der Waals surface area contributed by atoms with E-state index in [1.165, 1.54) is 4.68 Å². The molecule has 0 saturated carbocycles. The third kappa shape index (κ3) is 1.13. The molecule has 1 heterocycles. The number of hydrogen-bond donors (Lipinski definition) is 2. The molecule has 0 spiro atoms. The second-order valence-corrected chi connectivity index (χ2v) is 2.49. The van der Waals surface area contributed by atoms with Crippen LogP contribution in [0, 0.1) is 0 Å². The molecular weight excluding hydrogens is 158 g/mol. The van der Waals surface area contributed by atoms with E-state index in [1.54, 1.807) is 7.05 Å². The second-order valence-electron chi connectivity index (χ2n) is 2.49. The number of carboxylic acid groups (broad SMARTS) is 1. The number of aryl methyl sites for hydroxylation is 1. The molecule has 0 bridgehead atoms. The molecule has 0 atom stereocenters. The van der Waals surface area contributed by atoms with Gasteiger partial charge in [-0.2, -0.15) is 5.10 Å². The van der Waals surface area contributed by atoms with E-state index in [9.17, 15) is 4.79 Å². The van der Waals surface area contributed by atoms with Gasteiger partial charge in [-0.1, -0.05) is 6.92 Å². The van der Waals surface area contributed by atoms with E-state index in [4.69, 9.17) is 10.8 Å². The van der Waals surface area contributed by atoms with Gasteiger partial charge in [0.25, 0.3) is 0 Å². The van der Waals surface area contributed by atoms with Crippen LogP contribution >= 0.6 is 0 Å². The SMILES string of the molecule is CCc1c(C(=O)O)nn(C)c1N. The monoisotopic (exact) mass is 169 g/mol. The number of anilines is 1. The number of aromatic carboxylic acids is 1. The number of nitrogen functional groups attached to an aromatic ring is 1. The molecule has 1 rings (SSSR count). The van der Waals surface area contributed by atoms with E-state index in [1.807, 2.05) is 6.92 Å². The molecule has 1 aromatic rings. The van der Waals surface area contributed by atoms with Crippen molar-refractivity contribution in [2.75, 3.05) is 5.73 Å². The fraction of sp³-hybridized carbons (Fsp3) is 0.429. The van der Waals surface area contributed by atoms with E-state index in [2.05, 4.69) is 5.10 Å². The summed E-state index contributed by atoms with van der Waals surface area (Å²) in [5, 5.41) is 12.5. The zero-order chi connectivity index (χ0) is 9.30. The van der Waals surface area contributed by atoms with Crippen LogP contribution in [0.15, 0.2) is 0 Å². The zero-order valence-corrected chi connectivity index (χ0v) is 7.03. The van der Waals surface area contributed by atoms with Crippen LogP contribution in [-0.2, 0) is 13.5 Å². The van der Waals surface area contributed by atoms with Crippen LogP contribution in [0.25, 0.3) is 0 Å². The first-order valence-electron chi connectivity index (χ1n) is 3.62. The first-order valence-corrected chi connectivity index (χ1v) is 3.62. The first kappa shape index (κ1) is 8.58. The molecule has 0 aromatic carbocycles. The average molecular weight is 169 g/mol. The number of nitrogens with zero attached hydrogens (tertiary/aromatic N) is 2. The summed E-state index contributed by atoms with van der Waals surface area (Å²) in [5.74, 6) is -0.603. The van der Waals surface area contributed by atoms with Gasteiger partial charge in [0.2, 0.25) is 0 Å². The molecule has 0 unspecified atom stereocenters. The highest BCUT2D eigenvalue weighted by atomic mass is 16.4. The van der Waals surface area contributed by atoms with E-state index in [0.29, 0.717) is 17.8 Å². The first-order chi connectivity index (χ1) is 5.57. The normalized spacial score (nSPS) is 10.2. The Hall–Kier alpha value is -1.52. The topological polar surface area (TPSA) is 81.1 Å². The number of nitrogens with two attached hydrogens (primary N) is 1. The van der Waals surface area contributed by atoms with Gasteiger partial charge in [0.15, 0.2) is 5.69 Å². The minimum atomic E-state index is -1.03. The predicted octanol–water partition coefficient (Wildman–Crippen LogP) is 0.263. The molecule has 5 nitrogen and oxygen atoms in total. The van der Waals surface area contributed by atoms with Gasteiger partial charge in [0, 0.05) is 12.6 Å². The standard InChI is InChI=1S/C7H11N3O2/c1-3-4-5(7(11)12)9-10(2)6(4)8/h3,8H2,1-2H3,(H,11,12). The Morgan fingerprint density at radius 2 is 2.33 bits per heavy atom. The van der Waals surface area contributed by atoms with Crippen molar-refractivity contribution >= 4 is 11.8 Å². The van der Waals surface area contributed by atoms with Crippen molar-refractivity contribution in [1.29, 1.82) is 0 Å². The van der Waals surface area contributed by atoms with E-state index < -0.39 is 5.97 Å². The fourth-order valence-electron chi connectivity index (χ4n) is 1.10. The minimum Gasteiger partial charge on any atom is -0.476 e. The minimum absolute atomic E-state index is 0.0532. The van der Waals surface area contributed by atoms with Gasteiger partial charge < -0.3 is 10.8 Å². The Kier molecular flexibility index (Phi) is 2.03. The van der Waals surface area contributed by atoms with Crippen LogP contribution in [0.1, 0.15) is 23.0 Å². The summed E-state index contributed by atoms with van der Waals surface area (Å²) in [6.45, 7) is 1.85. The number of aromatic nitrogens is 2. The highest BCUT2D eigenvalue weighted by Gasteiger charge is 2.17. The number of carboxylic acids is 1. The van der Waals surface area contributed by atoms with Gasteiger partial charge in [-0.05, 0) is 6.42 Å².